The second-order valence-corrected chi connectivity index (χ2v) is 2.29. The summed E-state index contributed by atoms with van der Waals surface area (Å²) in [5.74, 6) is 0. The van der Waals surface area contributed by atoms with Crippen molar-refractivity contribution >= 4 is 6.16 Å². The van der Waals surface area contributed by atoms with E-state index in [-0.39, 0.29) is 26.4 Å². The maximum absolute atomic E-state index is 8.56. The van der Waals surface area contributed by atoms with Gasteiger partial charge in [-0.2, -0.15) is 0 Å². The summed E-state index contributed by atoms with van der Waals surface area (Å²) in [7, 11) is 0. The minimum absolute atomic E-state index is 0.125. The predicted octanol–water partition coefficient (Wildman–Crippen LogP) is -0.461. The molecule has 0 aromatic rings. The number of hydrogen-bond donors (Lipinski definition) is 6. The van der Waals surface area contributed by atoms with E-state index in [1.165, 1.54) is 0 Å². The number of ether oxygens (including phenoxy) is 1. The molecule has 0 rings (SSSR count). The molecule has 0 radical (unpaired) electrons. The second-order valence-electron chi connectivity index (χ2n) is 2.29. The zero-order chi connectivity index (χ0) is 15.9. The molecule has 0 fully saturated rings. The third-order valence-electron chi connectivity index (χ3n) is 0.671. The van der Waals surface area contributed by atoms with Crippen molar-refractivity contribution in [2.75, 3.05) is 39.6 Å². The molecule has 0 aromatic carbocycles. The molecule has 116 valence electrons. The monoisotopic (exact) mass is 284 g/mol. The normalized spacial score (nSPS) is 7.37. The van der Waals surface area contributed by atoms with Crippen LogP contribution in [0.25, 0.3) is 0 Å². The van der Waals surface area contributed by atoms with Crippen LogP contribution >= 0.6 is 0 Å². The molecule has 8 heteroatoms. The van der Waals surface area contributed by atoms with Crippen LogP contribution in [-0.2, 0) is 4.74 Å². The Hall–Kier alpha value is -1.45. The average molecular weight is 284 g/mol. The van der Waals surface area contributed by atoms with E-state index in [0.717, 1.165) is 0 Å². The van der Waals surface area contributed by atoms with Crippen molar-refractivity contribution in [3.05, 3.63) is 25.3 Å². The van der Waals surface area contributed by atoms with E-state index in [0.29, 0.717) is 13.2 Å². The van der Waals surface area contributed by atoms with Crippen LogP contribution in [0.4, 0.5) is 4.79 Å². The Morgan fingerprint density at radius 1 is 0.842 bits per heavy atom. The van der Waals surface area contributed by atoms with Gasteiger partial charge in [-0.3, -0.25) is 0 Å². The quantitative estimate of drug-likeness (QED) is 0.283. The summed E-state index contributed by atoms with van der Waals surface area (Å²) >= 11 is 0. The Labute approximate surface area is 112 Å². The van der Waals surface area contributed by atoms with Crippen LogP contribution in [0, 0.1) is 0 Å². The molecule has 0 heterocycles. The molecule has 8 nitrogen and oxygen atoms in total. The highest BCUT2D eigenvalue weighted by Crippen LogP contribution is 1.72. The number of hydrogen-bond acceptors (Lipinski definition) is 6. The summed E-state index contributed by atoms with van der Waals surface area (Å²) in [6, 6.07) is 0. The molecule has 0 bridgehead atoms. The fraction of sp³-hybridized carbons (Fsp3) is 0.545. The zero-order valence-electron chi connectivity index (χ0n) is 10.8. The standard InChI is InChI=1S/C6H10O.2C2H6O2.CH2O3/c1-3-5-7-6-4-2;2*3-1-2-4;2-1(3)4/h3-4H,1-2,5-6H2;2*3-4H,1-2H2;(H2,2,3,4). The largest absolute Gasteiger partial charge is 0.503 e. The first kappa shape index (κ1) is 26.2. The summed E-state index contributed by atoms with van der Waals surface area (Å²) in [6.45, 7) is 7.68. The molecular weight excluding hydrogens is 260 g/mol. The number of aliphatic hydroxyl groups excluding tert-OH is 4. The summed E-state index contributed by atoms with van der Waals surface area (Å²) < 4.78 is 4.90. The van der Waals surface area contributed by atoms with E-state index in [9.17, 15) is 0 Å². The van der Waals surface area contributed by atoms with Crippen LogP contribution < -0.4 is 0 Å². The van der Waals surface area contributed by atoms with Gasteiger partial charge < -0.3 is 35.4 Å². The minimum atomic E-state index is -1.83. The zero-order valence-corrected chi connectivity index (χ0v) is 10.8. The van der Waals surface area contributed by atoms with Crippen molar-refractivity contribution in [1.82, 2.24) is 0 Å². The van der Waals surface area contributed by atoms with E-state index in [1.54, 1.807) is 12.2 Å². The Kier molecular flexibility index (Phi) is 49.5. The van der Waals surface area contributed by atoms with Gasteiger partial charge in [-0.1, -0.05) is 12.2 Å². The third-order valence-corrected chi connectivity index (χ3v) is 0.671. The van der Waals surface area contributed by atoms with Gasteiger partial charge >= 0.3 is 6.16 Å². The van der Waals surface area contributed by atoms with Gasteiger partial charge in [0.05, 0.1) is 39.6 Å². The van der Waals surface area contributed by atoms with Crippen LogP contribution in [0.2, 0.25) is 0 Å². The molecule has 0 unspecified atom stereocenters. The van der Waals surface area contributed by atoms with E-state index in [1.807, 2.05) is 0 Å². The van der Waals surface area contributed by atoms with Crippen molar-refractivity contribution in [2.45, 2.75) is 0 Å². The fourth-order valence-electron chi connectivity index (χ4n) is 0.235. The Morgan fingerprint density at radius 2 is 1.05 bits per heavy atom. The van der Waals surface area contributed by atoms with Crippen molar-refractivity contribution < 1.29 is 40.2 Å². The lowest BCUT2D eigenvalue weighted by Gasteiger charge is -1.89. The van der Waals surface area contributed by atoms with Gasteiger partial charge in [-0.15, -0.1) is 13.2 Å². The van der Waals surface area contributed by atoms with Crippen molar-refractivity contribution in [3.63, 3.8) is 0 Å². The molecule has 0 aliphatic heterocycles. The smallest absolute Gasteiger partial charge is 0.450 e. The van der Waals surface area contributed by atoms with E-state index in [4.69, 9.17) is 40.2 Å². The second kappa shape index (κ2) is 36.0. The van der Waals surface area contributed by atoms with Gasteiger partial charge in [-0.05, 0) is 0 Å². The number of carboxylic acid groups (broad SMARTS) is 2. The van der Waals surface area contributed by atoms with Crippen LogP contribution in [0.1, 0.15) is 0 Å². The van der Waals surface area contributed by atoms with Crippen LogP contribution in [0.15, 0.2) is 25.3 Å². The highest BCUT2D eigenvalue weighted by molar-refractivity contribution is 5.53. The summed E-state index contributed by atoms with van der Waals surface area (Å²) in [6.07, 6.45) is 1.59. The predicted molar refractivity (Wildman–Crippen MR) is 70.2 cm³/mol. The van der Waals surface area contributed by atoms with Gasteiger partial charge in [0.15, 0.2) is 0 Å². The van der Waals surface area contributed by atoms with Crippen LogP contribution in [0.5, 0.6) is 0 Å². The molecule has 0 aliphatic rings. The summed E-state index contributed by atoms with van der Waals surface area (Å²) in [5, 5.41) is 44.4. The Bertz CT molecular complexity index is 152. The topological polar surface area (TPSA) is 148 Å². The molecule has 0 aliphatic carbocycles. The highest BCUT2D eigenvalue weighted by atomic mass is 16.6. The first-order chi connectivity index (χ1) is 8.97. The van der Waals surface area contributed by atoms with Crippen molar-refractivity contribution in [2.24, 2.45) is 0 Å². The van der Waals surface area contributed by atoms with Gasteiger partial charge in [0.1, 0.15) is 0 Å². The highest BCUT2D eigenvalue weighted by Gasteiger charge is 1.71. The van der Waals surface area contributed by atoms with E-state index >= 15 is 0 Å². The lowest BCUT2D eigenvalue weighted by molar-refractivity contribution is 0.137. The van der Waals surface area contributed by atoms with Gasteiger partial charge in [-0.25, -0.2) is 4.79 Å². The van der Waals surface area contributed by atoms with Gasteiger partial charge in [0.25, 0.3) is 0 Å². The maximum Gasteiger partial charge on any atom is 0.503 e. The number of carbonyl (C=O) groups is 1. The van der Waals surface area contributed by atoms with E-state index < -0.39 is 6.16 Å². The maximum atomic E-state index is 8.56. The third kappa shape index (κ3) is 169. The Balaban J connectivity index is -0.0000000825. The molecule has 0 saturated heterocycles. The summed E-state index contributed by atoms with van der Waals surface area (Å²) in [4.78, 5) is 8.56. The van der Waals surface area contributed by atoms with Crippen LogP contribution in [0.3, 0.4) is 0 Å². The molecular formula is C11H24O8. The molecule has 0 aromatic heterocycles. The molecule has 0 spiro atoms. The van der Waals surface area contributed by atoms with Crippen molar-refractivity contribution in [1.29, 1.82) is 0 Å². The minimum Gasteiger partial charge on any atom is -0.450 e. The number of aliphatic hydroxyl groups is 4. The van der Waals surface area contributed by atoms with Gasteiger partial charge in [0.2, 0.25) is 0 Å². The molecule has 0 atom stereocenters. The number of rotatable bonds is 6. The van der Waals surface area contributed by atoms with Crippen LogP contribution in [-0.4, -0.2) is 76.4 Å². The average Bonchev–Trinajstić information content (AvgIpc) is 2.39. The SMILES string of the molecule is C=CCOCC=C.O=C(O)O.OCCO.OCCO. The van der Waals surface area contributed by atoms with Crippen molar-refractivity contribution in [3.8, 4) is 0 Å². The lowest BCUT2D eigenvalue weighted by Crippen LogP contribution is -1.87. The molecule has 0 amide bonds. The lowest BCUT2D eigenvalue weighted by atomic mass is 10.6. The molecule has 0 saturated carbocycles. The van der Waals surface area contributed by atoms with E-state index in [2.05, 4.69) is 13.2 Å². The molecule has 6 N–H and O–H groups in total. The van der Waals surface area contributed by atoms with Gasteiger partial charge in [0, 0.05) is 0 Å². The fourth-order valence-corrected chi connectivity index (χ4v) is 0.235. The Morgan fingerprint density at radius 3 is 1.16 bits per heavy atom. The molecule has 19 heavy (non-hydrogen) atoms. The first-order valence-electron chi connectivity index (χ1n) is 5.13. The first-order valence-corrected chi connectivity index (χ1v) is 5.13. The summed E-state index contributed by atoms with van der Waals surface area (Å²) in [5.41, 5.74) is 0.